The van der Waals surface area contributed by atoms with Crippen LogP contribution in [0.15, 0.2) is 72.8 Å². The van der Waals surface area contributed by atoms with Crippen LogP contribution in [-0.4, -0.2) is 29.3 Å². The average molecular weight is 495 g/mol. The Hall–Kier alpha value is -3.18. The SMILES string of the molecule is CCCCNC(=O)[C@@H](Cc1ccccc1)N(Cc1cccc(C)c1)C(=O)Cc1c(F)cccc1Cl. The van der Waals surface area contributed by atoms with Crippen LogP contribution in [0.25, 0.3) is 0 Å². The maximum atomic E-state index is 14.5. The van der Waals surface area contributed by atoms with Gasteiger partial charge >= 0.3 is 0 Å². The second-order valence-corrected chi connectivity index (χ2v) is 9.14. The van der Waals surface area contributed by atoms with Crippen LogP contribution in [0, 0.1) is 12.7 Å². The number of rotatable bonds is 11. The molecule has 2 amide bonds. The van der Waals surface area contributed by atoms with E-state index in [4.69, 9.17) is 11.6 Å². The van der Waals surface area contributed by atoms with Crippen molar-refractivity contribution in [2.24, 2.45) is 0 Å². The van der Waals surface area contributed by atoms with Gasteiger partial charge in [0.15, 0.2) is 0 Å². The van der Waals surface area contributed by atoms with Gasteiger partial charge in [-0.1, -0.05) is 91.2 Å². The Morgan fingerprint density at radius 1 is 1.00 bits per heavy atom. The van der Waals surface area contributed by atoms with E-state index < -0.39 is 11.9 Å². The molecule has 3 rings (SSSR count). The molecule has 0 saturated heterocycles. The van der Waals surface area contributed by atoms with E-state index in [-0.39, 0.29) is 35.4 Å². The summed E-state index contributed by atoms with van der Waals surface area (Å²) in [5.41, 5.74) is 3.03. The van der Waals surface area contributed by atoms with Crippen LogP contribution in [0.3, 0.4) is 0 Å². The third-order valence-electron chi connectivity index (χ3n) is 5.93. The van der Waals surface area contributed by atoms with E-state index in [9.17, 15) is 14.0 Å². The number of hydrogen-bond acceptors (Lipinski definition) is 2. The van der Waals surface area contributed by atoms with Gasteiger partial charge in [-0.2, -0.15) is 0 Å². The van der Waals surface area contributed by atoms with E-state index in [1.807, 2.05) is 61.5 Å². The molecule has 0 unspecified atom stereocenters. The van der Waals surface area contributed by atoms with Gasteiger partial charge in [0.1, 0.15) is 11.9 Å². The standard InChI is InChI=1S/C29H32ClFN2O2/c1-3-4-16-32-29(35)27(18-22-11-6-5-7-12-22)33(20-23-13-8-10-21(2)17-23)28(34)19-24-25(30)14-9-15-26(24)31/h5-15,17,27H,3-4,16,18-20H2,1-2H3,(H,32,35)/t27-/m1/s1. The van der Waals surface area contributed by atoms with E-state index in [1.54, 1.807) is 11.0 Å². The minimum absolute atomic E-state index is 0.137. The van der Waals surface area contributed by atoms with Crippen molar-refractivity contribution < 1.29 is 14.0 Å². The predicted octanol–water partition coefficient (Wildman–Crippen LogP) is 5.89. The summed E-state index contributed by atoms with van der Waals surface area (Å²) in [5.74, 6) is -1.11. The van der Waals surface area contributed by atoms with Crippen LogP contribution in [0.5, 0.6) is 0 Å². The van der Waals surface area contributed by atoms with Gasteiger partial charge in [0.05, 0.1) is 6.42 Å². The normalized spacial score (nSPS) is 11.7. The fourth-order valence-corrected chi connectivity index (χ4v) is 4.25. The molecule has 0 spiro atoms. The molecule has 0 heterocycles. The molecule has 3 aromatic carbocycles. The fraction of sp³-hybridized carbons (Fsp3) is 0.310. The molecule has 0 saturated carbocycles. The highest BCUT2D eigenvalue weighted by Gasteiger charge is 2.31. The van der Waals surface area contributed by atoms with Crippen LogP contribution in [0.4, 0.5) is 4.39 Å². The first-order valence-corrected chi connectivity index (χ1v) is 12.4. The first-order chi connectivity index (χ1) is 16.9. The van der Waals surface area contributed by atoms with Crippen molar-refractivity contribution in [2.75, 3.05) is 6.54 Å². The Kier molecular flexibility index (Phi) is 9.86. The van der Waals surface area contributed by atoms with Crippen LogP contribution in [-0.2, 0) is 29.0 Å². The number of hydrogen-bond donors (Lipinski definition) is 1. The Labute approximate surface area is 212 Å². The number of unbranched alkanes of at least 4 members (excludes halogenated alkanes) is 1. The average Bonchev–Trinajstić information content (AvgIpc) is 2.84. The summed E-state index contributed by atoms with van der Waals surface area (Å²) in [6.07, 6.45) is 1.91. The third-order valence-corrected chi connectivity index (χ3v) is 6.28. The molecule has 6 heteroatoms. The summed E-state index contributed by atoms with van der Waals surface area (Å²) in [7, 11) is 0. The molecule has 1 N–H and O–H groups in total. The number of amides is 2. The third kappa shape index (κ3) is 7.66. The highest BCUT2D eigenvalue weighted by molar-refractivity contribution is 6.31. The summed E-state index contributed by atoms with van der Waals surface area (Å²) in [6.45, 7) is 4.80. The number of carbonyl (C=O) groups is 2. The zero-order valence-electron chi connectivity index (χ0n) is 20.3. The van der Waals surface area contributed by atoms with Gasteiger partial charge in [-0.3, -0.25) is 9.59 Å². The Morgan fingerprint density at radius 3 is 2.40 bits per heavy atom. The van der Waals surface area contributed by atoms with E-state index >= 15 is 0 Å². The minimum atomic E-state index is -0.757. The molecule has 0 fully saturated rings. The molecule has 35 heavy (non-hydrogen) atoms. The van der Waals surface area contributed by atoms with Crippen molar-refractivity contribution >= 4 is 23.4 Å². The number of nitrogens with zero attached hydrogens (tertiary/aromatic N) is 1. The molecular formula is C29H32ClFN2O2. The lowest BCUT2D eigenvalue weighted by Gasteiger charge is -2.32. The van der Waals surface area contributed by atoms with Gasteiger partial charge in [0.2, 0.25) is 11.8 Å². The molecule has 3 aromatic rings. The van der Waals surface area contributed by atoms with Crippen molar-refractivity contribution in [2.45, 2.75) is 52.1 Å². The number of halogens is 2. The minimum Gasteiger partial charge on any atom is -0.354 e. The van der Waals surface area contributed by atoms with Gasteiger partial charge in [-0.05, 0) is 36.6 Å². The highest BCUT2D eigenvalue weighted by Crippen LogP contribution is 2.22. The topological polar surface area (TPSA) is 49.4 Å². The van der Waals surface area contributed by atoms with Gasteiger partial charge in [-0.15, -0.1) is 0 Å². The monoisotopic (exact) mass is 494 g/mol. The summed E-state index contributed by atoms with van der Waals surface area (Å²) in [6, 6.07) is 21.0. The second-order valence-electron chi connectivity index (χ2n) is 8.74. The number of benzene rings is 3. The Morgan fingerprint density at radius 2 is 1.71 bits per heavy atom. The molecule has 0 aliphatic heterocycles. The van der Waals surface area contributed by atoms with Crippen molar-refractivity contribution in [1.82, 2.24) is 10.2 Å². The van der Waals surface area contributed by atoms with E-state index in [2.05, 4.69) is 12.2 Å². The lowest BCUT2D eigenvalue weighted by atomic mass is 10.0. The van der Waals surface area contributed by atoms with Crippen molar-refractivity contribution in [3.05, 3.63) is 106 Å². The summed E-state index contributed by atoms with van der Waals surface area (Å²) in [4.78, 5) is 28.7. The molecule has 0 aromatic heterocycles. The Balaban J connectivity index is 1.98. The smallest absolute Gasteiger partial charge is 0.243 e. The van der Waals surface area contributed by atoms with Gasteiger partial charge in [0, 0.05) is 30.1 Å². The zero-order valence-corrected chi connectivity index (χ0v) is 21.0. The zero-order chi connectivity index (χ0) is 25.2. The molecule has 184 valence electrons. The summed E-state index contributed by atoms with van der Waals surface area (Å²) >= 11 is 6.23. The van der Waals surface area contributed by atoms with E-state index in [1.165, 1.54) is 12.1 Å². The predicted molar refractivity (Wildman–Crippen MR) is 139 cm³/mol. The first kappa shape index (κ1) is 26.4. The van der Waals surface area contributed by atoms with Gasteiger partial charge in [-0.25, -0.2) is 4.39 Å². The van der Waals surface area contributed by atoms with E-state index in [0.717, 1.165) is 29.5 Å². The molecule has 0 aliphatic rings. The first-order valence-electron chi connectivity index (χ1n) is 12.0. The van der Waals surface area contributed by atoms with Gasteiger partial charge in [0.25, 0.3) is 0 Å². The van der Waals surface area contributed by atoms with Crippen LogP contribution in [0.2, 0.25) is 5.02 Å². The maximum absolute atomic E-state index is 14.5. The number of carbonyl (C=O) groups excluding carboxylic acids is 2. The number of aryl methyl sites for hydroxylation is 1. The summed E-state index contributed by atoms with van der Waals surface area (Å²) in [5, 5.41) is 3.19. The molecular weight excluding hydrogens is 463 g/mol. The van der Waals surface area contributed by atoms with E-state index in [0.29, 0.717) is 13.0 Å². The molecule has 0 radical (unpaired) electrons. The second kappa shape index (κ2) is 13.1. The molecule has 0 bridgehead atoms. The summed E-state index contributed by atoms with van der Waals surface area (Å²) < 4.78 is 14.5. The highest BCUT2D eigenvalue weighted by atomic mass is 35.5. The lowest BCUT2D eigenvalue weighted by molar-refractivity contribution is -0.140. The number of nitrogens with one attached hydrogen (secondary N) is 1. The molecule has 1 atom stereocenters. The maximum Gasteiger partial charge on any atom is 0.243 e. The van der Waals surface area contributed by atoms with Crippen molar-refractivity contribution in [3.8, 4) is 0 Å². The van der Waals surface area contributed by atoms with Crippen LogP contribution >= 0.6 is 11.6 Å². The van der Waals surface area contributed by atoms with Gasteiger partial charge < -0.3 is 10.2 Å². The quantitative estimate of drug-likeness (QED) is 0.338. The largest absolute Gasteiger partial charge is 0.354 e. The lowest BCUT2D eigenvalue weighted by Crippen LogP contribution is -2.51. The van der Waals surface area contributed by atoms with Crippen molar-refractivity contribution in [1.29, 1.82) is 0 Å². The molecule has 4 nitrogen and oxygen atoms in total. The van der Waals surface area contributed by atoms with Crippen LogP contribution in [0.1, 0.15) is 42.0 Å². The van der Waals surface area contributed by atoms with Crippen LogP contribution < -0.4 is 5.32 Å². The fourth-order valence-electron chi connectivity index (χ4n) is 4.02. The van der Waals surface area contributed by atoms with Crippen molar-refractivity contribution in [3.63, 3.8) is 0 Å². The Bertz CT molecular complexity index is 1120. The molecule has 0 aliphatic carbocycles.